The highest BCUT2D eigenvalue weighted by molar-refractivity contribution is 9.10. The van der Waals surface area contributed by atoms with Gasteiger partial charge < -0.3 is 0 Å². The molecule has 2 nitrogen and oxygen atoms in total. The molecule has 2 aromatic heterocycles. The van der Waals surface area contributed by atoms with Gasteiger partial charge in [0.15, 0.2) is 0 Å². The summed E-state index contributed by atoms with van der Waals surface area (Å²) >= 11 is 7.04. The Labute approximate surface area is 112 Å². The highest BCUT2D eigenvalue weighted by Gasteiger charge is 2.12. The Balaban J connectivity index is 1.98. The second-order valence-electron chi connectivity index (χ2n) is 3.60. The molecule has 0 amide bonds. The molecule has 0 aliphatic rings. The van der Waals surface area contributed by atoms with Crippen molar-refractivity contribution >= 4 is 38.6 Å². The van der Waals surface area contributed by atoms with Crippen LogP contribution in [0.5, 0.6) is 0 Å². The van der Waals surface area contributed by atoms with Gasteiger partial charge >= 0.3 is 0 Å². The first-order chi connectivity index (χ1) is 7.79. The maximum Gasteiger partial charge on any atom is 0.0314 e. The number of hydrogen-bond acceptors (Lipinski definition) is 4. The summed E-state index contributed by atoms with van der Waals surface area (Å²) in [4.78, 5) is 1.35. The fourth-order valence-electron chi connectivity index (χ4n) is 1.58. The molecule has 0 saturated heterocycles. The number of halogens is 1. The minimum Gasteiger partial charge on any atom is -0.271 e. The molecule has 0 saturated carbocycles. The summed E-state index contributed by atoms with van der Waals surface area (Å²) < 4.78 is 1.18. The number of thiophene rings is 2. The monoisotopic (exact) mass is 316 g/mol. The fourth-order valence-corrected chi connectivity index (χ4v) is 3.86. The lowest BCUT2D eigenvalue weighted by molar-refractivity contribution is 0.525. The molecular weight excluding hydrogens is 304 g/mol. The number of nitrogens with two attached hydrogens (primary N) is 1. The van der Waals surface area contributed by atoms with Gasteiger partial charge in [-0.2, -0.15) is 11.3 Å². The molecule has 2 aromatic rings. The van der Waals surface area contributed by atoms with Crippen molar-refractivity contribution in [1.29, 1.82) is 0 Å². The van der Waals surface area contributed by atoms with Crippen molar-refractivity contribution in [3.05, 3.63) is 43.2 Å². The number of nitrogens with one attached hydrogen (secondary N) is 1. The molecule has 0 aromatic carbocycles. The zero-order chi connectivity index (χ0) is 11.4. The van der Waals surface area contributed by atoms with Gasteiger partial charge in [-0.05, 0) is 62.6 Å². The van der Waals surface area contributed by atoms with Crippen molar-refractivity contribution in [2.45, 2.75) is 18.9 Å². The molecule has 16 heavy (non-hydrogen) atoms. The van der Waals surface area contributed by atoms with Gasteiger partial charge in [-0.15, -0.1) is 11.3 Å². The van der Waals surface area contributed by atoms with Crippen molar-refractivity contribution in [1.82, 2.24) is 5.43 Å². The Morgan fingerprint density at radius 3 is 2.75 bits per heavy atom. The van der Waals surface area contributed by atoms with E-state index in [1.165, 1.54) is 14.9 Å². The zero-order valence-corrected chi connectivity index (χ0v) is 11.9. The summed E-state index contributed by atoms with van der Waals surface area (Å²) in [5.74, 6) is 5.60. The van der Waals surface area contributed by atoms with E-state index in [0.717, 1.165) is 12.8 Å². The van der Waals surface area contributed by atoms with Crippen LogP contribution in [0.15, 0.2) is 32.7 Å². The summed E-state index contributed by atoms with van der Waals surface area (Å²) in [6.45, 7) is 0. The predicted octanol–water partition coefficient (Wildman–Crippen LogP) is 3.19. The van der Waals surface area contributed by atoms with Crippen LogP contribution in [0.4, 0.5) is 0 Å². The number of rotatable bonds is 5. The third kappa shape index (κ3) is 3.15. The molecule has 0 radical (unpaired) electrons. The molecule has 3 N–H and O–H groups in total. The molecule has 0 aliphatic heterocycles. The van der Waals surface area contributed by atoms with E-state index in [9.17, 15) is 0 Å². The van der Waals surface area contributed by atoms with Gasteiger partial charge in [0.1, 0.15) is 0 Å². The van der Waals surface area contributed by atoms with Gasteiger partial charge in [-0.1, -0.05) is 0 Å². The molecule has 1 unspecified atom stereocenters. The molecule has 0 bridgehead atoms. The van der Waals surface area contributed by atoms with Crippen LogP contribution in [-0.4, -0.2) is 6.04 Å². The zero-order valence-electron chi connectivity index (χ0n) is 8.65. The summed E-state index contributed by atoms with van der Waals surface area (Å²) in [6.07, 6.45) is 1.94. The highest BCUT2D eigenvalue weighted by Crippen LogP contribution is 2.24. The first-order valence-electron chi connectivity index (χ1n) is 4.98. The maximum atomic E-state index is 5.60. The van der Waals surface area contributed by atoms with Crippen molar-refractivity contribution in [3.63, 3.8) is 0 Å². The average Bonchev–Trinajstić information content (AvgIpc) is 2.90. The lowest BCUT2D eigenvalue weighted by atomic mass is 10.1. The smallest absolute Gasteiger partial charge is 0.0314 e. The molecule has 1 atom stereocenters. The lowest BCUT2D eigenvalue weighted by Crippen LogP contribution is -2.38. The second-order valence-corrected chi connectivity index (χ2v) is 6.23. The van der Waals surface area contributed by atoms with Crippen LogP contribution in [0.2, 0.25) is 0 Å². The predicted molar refractivity (Wildman–Crippen MR) is 74.9 cm³/mol. The molecule has 2 rings (SSSR count). The highest BCUT2D eigenvalue weighted by atomic mass is 79.9. The number of hydrogen-bond donors (Lipinski definition) is 2. The van der Waals surface area contributed by atoms with E-state index < -0.39 is 0 Å². The van der Waals surface area contributed by atoms with Gasteiger partial charge in [0, 0.05) is 15.4 Å². The SMILES string of the molecule is NNC(Cc1ccsc1)Cc1sccc1Br. The van der Waals surface area contributed by atoms with Crippen molar-refractivity contribution in [2.24, 2.45) is 5.84 Å². The third-order valence-corrected chi connectivity index (χ3v) is 5.10. The van der Waals surface area contributed by atoms with Crippen LogP contribution >= 0.6 is 38.6 Å². The summed E-state index contributed by atoms with van der Waals surface area (Å²) in [7, 11) is 0. The summed E-state index contributed by atoms with van der Waals surface area (Å²) in [5, 5.41) is 6.37. The van der Waals surface area contributed by atoms with Crippen LogP contribution in [-0.2, 0) is 12.8 Å². The molecular formula is C11H13BrN2S2. The molecule has 0 spiro atoms. The minimum absolute atomic E-state index is 0.296. The van der Waals surface area contributed by atoms with Crippen molar-refractivity contribution in [2.75, 3.05) is 0 Å². The van der Waals surface area contributed by atoms with E-state index in [-0.39, 0.29) is 0 Å². The third-order valence-electron chi connectivity index (χ3n) is 2.42. The lowest BCUT2D eigenvalue weighted by Gasteiger charge is -2.14. The summed E-state index contributed by atoms with van der Waals surface area (Å²) in [6, 6.07) is 4.53. The number of hydrazine groups is 1. The van der Waals surface area contributed by atoms with Gasteiger partial charge in [-0.25, -0.2) is 0 Å². The van der Waals surface area contributed by atoms with E-state index in [4.69, 9.17) is 5.84 Å². The first-order valence-corrected chi connectivity index (χ1v) is 7.60. The van der Waals surface area contributed by atoms with E-state index in [1.807, 2.05) is 0 Å². The molecule has 0 aliphatic carbocycles. The Morgan fingerprint density at radius 1 is 1.31 bits per heavy atom. The Hall–Kier alpha value is -0.200. The van der Waals surface area contributed by atoms with E-state index in [0.29, 0.717) is 6.04 Å². The van der Waals surface area contributed by atoms with Crippen molar-refractivity contribution < 1.29 is 0 Å². The van der Waals surface area contributed by atoms with Gasteiger partial charge in [0.2, 0.25) is 0 Å². The van der Waals surface area contributed by atoms with E-state index in [1.54, 1.807) is 22.7 Å². The van der Waals surface area contributed by atoms with Crippen LogP contribution in [0.1, 0.15) is 10.4 Å². The Morgan fingerprint density at radius 2 is 2.19 bits per heavy atom. The largest absolute Gasteiger partial charge is 0.271 e. The van der Waals surface area contributed by atoms with Gasteiger partial charge in [0.25, 0.3) is 0 Å². The van der Waals surface area contributed by atoms with Crippen LogP contribution in [0.25, 0.3) is 0 Å². The van der Waals surface area contributed by atoms with Gasteiger partial charge in [-0.3, -0.25) is 11.3 Å². The van der Waals surface area contributed by atoms with Crippen LogP contribution in [0, 0.1) is 0 Å². The van der Waals surface area contributed by atoms with Crippen LogP contribution < -0.4 is 11.3 Å². The molecule has 86 valence electrons. The van der Waals surface area contributed by atoms with Crippen molar-refractivity contribution in [3.8, 4) is 0 Å². The first kappa shape index (κ1) is 12.3. The molecule has 0 fully saturated rings. The van der Waals surface area contributed by atoms with E-state index >= 15 is 0 Å². The Kier molecular flexibility index (Phi) is 4.55. The molecule has 5 heteroatoms. The summed E-state index contributed by atoms with van der Waals surface area (Å²) in [5.41, 5.74) is 4.24. The standard InChI is InChI=1S/C11H13BrN2S2/c12-10-2-4-16-11(10)6-9(14-13)5-8-1-3-15-7-8/h1-4,7,9,14H,5-6,13H2. The average molecular weight is 317 g/mol. The van der Waals surface area contributed by atoms with Crippen LogP contribution in [0.3, 0.4) is 0 Å². The quantitative estimate of drug-likeness (QED) is 0.656. The fraction of sp³-hybridized carbons (Fsp3) is 0.273. The normalized spacial score (nSPS) is 12.9. The Bertz CT molecular complexity index is 425. The molecule has 2 heterocycles. The van der Waals surface area contributed by atoms with Gasteiger partial charge in [0.05, 0.1) is 0 Å². The minimum atomic E-state index is 0.296. The maximum absolute atomic E-state index is 5.60. The van der Waals surface area contributed by atoms with E-state index in [2.05, 4.69) is 49.6 Å². The second kappa shape index (κ2) is 5.93. The topological polar surface area (TPSA) is 38.0 Å².